The molecule has 0 atom stereocenters. The number of amides is 1. The summed E-state index contributed by atoms with van der Waals surface area (Å²) in [6, 6.07) is 9.19. The molecular formula is C25H28N2O4S. The minimum absolute atomic E-state index is 0.178. The van der Waals surface area contributed by atoms with E-state index in [0.717, 1.165) is 58.2 Å². The topological polar surface area (TPSA) is 70.8 Å². The van der Waals surface area contributed by atoms with Crippen LogP contribution >= 0.6 is 0 Å². The number of fused-ring (bicyclic) bond motifs is 2. The van der Waals surface area contributed by atoms with Gasteiger partial charge >= 0.3 is 0 Å². The number of aryl methyl sites for hydroxylation is 3. The number of carbonyl (C=O) groups excluding carboxylic acids is 1. The van der Waals surface area contributed by atoms with Crippen LogP contribution in [0.3, 0.4) is 0 Å². The quantitative estimate of drug-likeness (QED) is 0.576. The standard InChI is InChI=1S/C25H28N2O4S/c1-16-7-8-17(2)23-22(16)18(3)24(31-23)25(28)27-14-11-19-15-20(9-10-21(19)27)32(29,30)26-12-5-4-6-13-26/h7-10,15H,4-6,11-14H2,1-3H3. The van der Waals surface area contributed by atoms with Gasteiger partial charge in [0.1, 0.15) is 5.58 Å². The zero-order valence-corrected chi connectivity index (χ0v) is 19.6. The van der Waals surface area contributed by atoms with Crippen LogP contribution in [0.1, 0.15) is 52.1 Å². The monoisotopic (exact) mass is 452 g/mol. The maximum Gasteiger partial charge on any atom is 0.294 e. The first-order valence-corrected chi connectivity index (χ1v) is 12.7. The predicted molar refractivity (Wildman–Crippen MR) is 125 cm³/mol. The second-order valence-corrected chi connectivity index (χ2v) is 10.9. The van der Waals surface area contributed by atoms with E-state index in [1.54, 1.807) is 27.4 Å². The smallest absolute Gasteiger partial charge is 0.294 e. The van der Waals surface area contributed by atoms with Crippen molar-refractivity contribution in [2.24, 2.45) is 0 Å². The molecule has 6 nitrogen and oxygen atoms in total. The molecule has 7 heteroatoms. The van der Waals surface area contributed by atoms with Crippen molar-refractivity contribution in [1.82, 2.24) is 4.31 Å². The summed E-state index contributed by atoms with van der Waals surface area (Å²) in [6.07, 6.45) is 3.51. The van der Waals surface area contributed by atoms with E-state index >= 15 is 0 Å². The van der Waals surface area contributed by atoms with Crippen LogP contribution in [-0.4, -0.2) is 38.3 Å². The third kappa shape index (κ3) is 3.26. The molecule has 0 saturated carbocycles. The summed E-state index contributed by atoms with van der Waals surface area (Å²) >= 11 is 0. The number of hydrogen-bond donors (Lipinski definition) is 0. The SMILES string of the molecule is Cc1ccc(C)c2c(C)c(C(=O)N3CCc4cc(S(=O)(=O)N5CCCCC5)ccc43)oc12. The number of carbonyl (C=O) groups is 1. The van der Waals surface area contributed by atoms with E-state index in [2.05, 4.69) is 0 Å². The van der Waals surface area contributed by atoms with Crippen molar-refractivity contribution in [2.75, 3.05) is 24.5 Å². The number of nitrogens with zero attached hydrogens (tertiary/aromatic N) is 2. The molecule has 0 N–H and O–H groups in total. The van der Waals surface area contributed by atoms with E-state index in [1.165, 1.54) is 0 Å². The van der Waals surface area contributed by atoms with Crippen LogP contribution in [0, 0.1) is 20.8 Å². The van der Waals surface area contributed by atoms with Crippen LogP contribution in [0.25, 0.3) is 11.0 Å². The average molecular weight is 453 g/mol. The van der Waals surface area contributed by atoms with Crippen molar-refractivity contribution >= 4 is 32.6 Å². The maximum absolute atomic E-state index is 13.5. The zero-order chi connectivity index (χ0) is 22.6. The summed E-state index contributed by atoms with van der Waals surface area (Å²) in [7, 11) is -3.50. The van der Waals surface area contributed by atoms with Gasteiger partial charge in [0.2, 0.25) is 10.0 Å². The van der Waals surface area contributed by atoms with Gasteiger partial charge in [0.05, 0.1) is 4.90 Å². The molecule has 5 rings (SSSR count). The lowest BCUT2D eigenvalue weighted by Gasteiger charge is -2.26. The molecule has 2 aliphatic rings. The zero-order valence-electron chi connectivity index (χ0n) is 18.8. The Morgan fingerprint density at radius 1 is 0.938 bits per heavy atom. The van der Waals surface area contributed by atoms with Crippen LogP contribution in [-0.2, 0) is 16.4 Å². The predicted octanol–water partition coefficient (Wildman–Crippen LogP) is 4.74. The fourth-order valence-electron chi connectivity index (χ4n) is 5.01. The molecule has 1 saturated heterocycles. The van der Waals surface area contributed by atoms with Gasteiger partial charge in [-0.1, -0.05) is 18.6 Å². The van der Waals surface area contributed by atoms with Crippen LogP contribution in [0.5, 0.6) is 0 Å². The molecule has 0 aliphatic carbocycles. The summed E-state index contributed by atoms with van der Waals surface area (Å²) in [5.41, 5.74) is 5.35. The van der Waals surface area contributed by atoms with Crippen molar-refractivity contribution in [3.05, 3.63) is 58.3 Å². The van der Waals surface area contributed by atoms with Gasteiger partial charge in [0.15, 0.2) is 5.76 Å². The Kier molecular flexibility index (Phi) is 5.13. The molecule has 0 spiro atoms. The van der Waals surface area contributed by atoms with E-state index in [9.17, 15) is 13.2 Å². The maximum atomic E-state index is 13.5. The summed E-state index contributed by atoms with van der Waals surface area (Å²) < 4.78 is 33.8. The number of benzene rings is 2. The van der Waals surface area contributed by atoms with E-state index in [4.69, 9.17) is 4.42 Å². The molecule has 1 amide bonds. The summed E-state index contributed by atoms with van der Waals surface area (Å²) in [5, 5.41) is 0.996. The number of anilines is 1. The fourth-order valence-corrected chi connectivity index (χ4v) is 6.57. The van der Waals surface area contributed by atoms with Gasteiger partial charge in [0.25, 0.3) is 5.91 Å². The minimum Gasteiger partial charge on any atom is -0.450 e. The number of furan rings is 1. The van der Waals surface area contributed by atoms with Crippen molar-refractivity contribution in [3.63, 3.8) is 0 Å². The Labute approximate surface area is 188 Å². The summed E-state index contributed by atoms with van der Waals surface area (Å²) in [4.78, 5) is 15.5. The Bertz CT molecular complexity index is 1330. The van der Waals surface area contributed by atoms with Crippen molar-refractivity contribution in [2.45, 2.75) is 51.3 Å². The number of piperidine rings is 1. The highest BCUT2D eigenvalue weighted by atomic mass is 32.2. The van der Waals surface area contributed by atoms with Gasteiger partial charge < -0.3 is 9.32 Å². The van der Waals surface area contributed by atoms with Gasteiger partial charge in [-0.25, -0.2) is 8.42 Å². The summed E-state index contributed by atoms with van der Waals surface area (Å²) in [6.45, 7) is 7.59. The van der Waals surface area contributed by atoms with Crippen molar-refractivity contribution in [3.8, 4) is 0 Å². The molecule has 3 heterocycles. The molecule has 0 bridgehead atoms. The fraction of sp³-hybridized carbons (Fsp3) is 0.400. The second-order valence-electron chi connectivity index (χ2n) is 8.92. The molecule has 1 aromatic heterocycles. The Morgan fingerprint density at radius 3 is 2.38 bits per heavy atom. The van der Waals surface area contributed by atoms with Crippen LogP contribution in [0.2, 0.25) is 0 Å². The van der Waals surface area contributed by atoms with Crippen LogP contribution in [0.4, 0.5) is 5.69 Å². The minimum atomic E-state index is -3.50. The van der Waals surface area contributed by atoms with E-state index in [1.807, 2.05) is 32.9 Å². The number of rotatable bonds is 3. The largest absolute Gasteiger partial charge is 0.450 e. The number of hydrogen-bond acceptors (Lipinski definition) is 4. The first-order valence-electron chi connectivity index (χ1n) is 11.2. The lowest BCUT2D eigenvalue weighted by atomic mass is 10.0. The first-order chi connectivity index (χ1) is 15.3. The highest BCUT2D eigenvalue weighted by Crippen LogP contribution is 2.36. The molecular weight excluding hydrogens is 424 g/mol. The van der Waals surface area contributed by atoms with Gasteiger partial charge in [-0.2, -0.15) is 4.31 Å². The summed E-state index contributed by atoms with van der Waals surface area (Å²) in [5.74, 6) is 0.179. The van der Waals surface area contributed by atoms with Crippen LogP contribution < -0.4 is 4.90 Å². The third-order valence-corrected chi connectivity index (χ3v) is 8.72. The molecule has 3 aromatic rings. The average Bonchev–Trinajstić information content (AvgIpc) is 3.38. The highest BCUT2D eigenvalue weighted by Gasteiger charge is 2.32. The Balaban J connectivity index is 1.48. The van der Waals surface area contributed by atoms with Crippen molar-refractivity contribution < 1.29 is 17.6 Å². The van der Waals surface area contributed by atoms with Gasteiger partial charge in [-0.3, -0.25) is 4.79 Å². The third-order valence-electron chi connectivity index (χ3n) is 6.82. The molecule has 0 unspecified atom stereocenters. The van der Waals surface area contributed by atoms with E-state index in [-0.39, 0.29) is 5.91 Å². The van der Waals surface area contributed by atoms with E-state index in [0.29, 0.717) is 36.7 Å². The first kappa shape index (κ1) is 21.2. The molecule has 0 radical (unpaired) electrons. The Morgan fingerprint density at radius 2 is 1.66 bits per heavy atom. The second kappa shape index (κ2) is 7.74. The molecule has 32 heavy (non-hydrogen) atoms. The lowest BCUT2D eigenvalue weighted by molar-refractivity contribution is 0.0964. The molecule has 2 aromatic carbocycles. The molecule has 2 aliphatic heterocycles. The molecule has 168 valence electrons. The normalized spacial score (nSPS) is 17.2. The van der Waals surface area contributed by atoms with Crippen LogP contribution in [0.15, 0.2) is 39.6 Å². The van der Waals surface area contributed by atoms with Gasteiger partial charge in [-0.15, -0.1) is 0 Å². The van der Waals surface area contributed by atoms with Gasteiger partial charge in [0, 0.05) is 36.3 Å². The van der Waals surface area contributed by atoms with Crippen molar-refractivity contribution in [1.29, 1.82) is 0 Å². The Hall–Kier alpha value is -2.64. The molecule has 1 fully saturated rings. The van der Waals surface area contributed by atoms with Gasteiger partial charge in [-0.05, 0) is 74.9 Å². The number of sulfonamides is 1. The lowest BCUT2D eigenvalue weighted by Crippen LogP contribution is -2.35. The highest BCUT2D eigenvalue weighted by molar-refractivity contribution is 7.89. The van der Waals surface area contributed by atoms with E-state index < -0.39 is 10.0 Å².